The number of Topliss-reactive ketones (excluding diaryl/α,β-unsaturated/α-hetero) is 3. The molecular weight excluding hydrogens is 523 g/mol. The molecule has 0 saturated heterocycles. The van der Waals surface area contributed by atoms with Gasteiger partial charge in [-0.15, -0.1) is 12.4 Å². The number of nitrogens with one attached hydrogen (secondary N) is 2. The zero-order valence-corrected chi connectivity index (χ0v) is 20.9. The van der Waals surface area contributed by atoms with Gasteiger partial charge in [0.2, 0.25) is 0 Å². The minimum absolute atomic E-state index is 0. The molecule has 5 rings (SSSR count). The maximum Gasteiger partial charge on any atom is 0.198 e. The molecule has 2 aromatic carbocycles. The normalized spacial score (nSPS) is 14.7. The van der Waals surface area contributed by atoms with Crippen LogP contribution in [0.3, 0.4) is 0 Å². The van der Waals surface area contributed by atoms with Crippen LogP contribution in [0, 0.1) is 11.6 Å². The number of benzene rings is 2. The zero-order chi connectivity index (χ0) is 24.8. The number of aromatic nitrogens is 1. The number of nitrogens with two attached hydrogens (primary N) is 1. The van der Waals surface area contributed by atoms with Crippen molar-refractivity contribution < 1.29 is 23.2 Å². The molecule has 0 unspecified atom stereocenters. The number of carbonyl (C=O) groups excluding carboxylic acids is 3. The highest BCUT2D eigenvalue weighted by atomic mass is 35.5. The summed E-state index contributed by atoms with van der Waals surface area (Å²) in [5.74, 6) is 4.06. The fraction of sp³-hybridized carbons (Fsp3) is 0.292. The number of carbonyl (C=O) groups is 3. The van der Waals surface area contributed by atoms with E-state index in [4.69, 9.17) is 29.0 Å². The Bertz CT molecular complexity index is 1230. The van der Waals surface area contributed by atoms with Gasteiger partial charge in [-0.3, -0.25) is 20.2 Å². The molecule has 1 aromatic heterocycles. The first-order valence-electron chi connectivity index (χ1n) is 10.7. The van der Waals surface area contributed by atoms with Crippen LogP contribution in [0.5, 0.6) is 0 Å². The average Bonchev–Trinajstić information content (AvgIpc) is 3.17. The second kappa shape index (κ2) is 13.0. The van der Waals surface area contributed by atoms with E-state index in [0.29, 0.717) is 41.2 Å². The highest BCUT2D eigenvalue weighted by Gasteiger charge is 2.23. The quantitative estimate of drug-likeness (QED) is 0.187. The first kappa shape index (κ1) is 28.7. The summed E-state index contributed by atoms with van der Waals surface area (Å²) in [4.78, 5) is 35.6. The molecule has 1 saturated carbocycles. The predicted octanol–water partition coefficient (Wildman–Crippen LogP) is 6.36. The molecule has 0 bridgehead atoms. The number of ketones is 3. The van der Waals surface area contributed by atoms with E-state index in [1.807, 2.05) is 0 Å². The standard InChI is InChI=1S/C12H9ClFNO.C6H6ClFN2.C6H8O2.ClH/c13-9-5-6(14)4-8-7-2-1-3-10(16)12(7)15-11(8)9;7-5-3-4(8)1-2-6(5)10-9;7-5-3-1-2-4-6(5)8;/h4-5,15H,1-3H2;1-3,10H,9H2;1-4H2;1H. The minimum atomic E-state index is -0.371. The number of hydrazine groups is 1. The number of rotatable bonds is 1. The lowest BCUT2D eigenvalue weighted by molar-refractivity contribution is -0.137. The third kappa shape index (κ3) is 7.24. The van der Waals surface area contributed by atoms with E-state index < -0.39 is 0 Å². The summed E-state index contributed by atoms with van der Waals surface area (Å²) < 4.78 is 25.6. The van der Waals surface area contributed by atoms with Crippen LogP contribution in [0.25, 0.3) is 10.9 Å². The van der Waals surface area contributed by atoms with Crippen LogP contribution < -0.4 is 11.3 Å². The number of H-pyrrole nitrogens is 1. The summed E-state index contributed by atoms with van der Waals surface area (Å²) in [6.07, 6.45) is 4.97. The smallest absolute Gasteiger partial charge is 0.198 e. The van der Waals surface area contributed by atoms with Crippen molar-refractivity contribution in [2.24, 2.45) is 5.84 Å². The van der Waals surface area contributed by atoms with Crippen molar-refractivity contribution in [1.82, 2.24) is 4.98 Å². The van der Waals surface area contributed by atoms with Gasteiger partial charge in [0.1, 0.15) is 11.6 Å². The lowest BCUT2D eigenvalue weighted by Gasteiger charge is -2.09. The molecule has 188 valence electrons. The van der Waals surface area contributed by atoms with Gasteiger partial charge in [0.05, 0.1) is 26.9 Å². The lowest BCUT2D eigenvalue weighted by atomic mass is 9.95. The van der Waals surface area contributed by atoms with Crippen LogP contribution in [-0.4, -0.2) is 22.3 Å². The summed E-state index contributed by atoms with van der Waals surface area (Å²) in [5, 5.41) is 1.35. The molecular formula is C24H24Cl3F2N3O3. The SMILES string of the molecule is Cl.NNc1ccc(F)cc1Cl.O=C1CCCCC1=O.O=C1CCCc2c1[nH]c1c(Cl)cc(F)cc21. The lowest BCUT2D eigenvalue weighted by Crippen LogP contribution is -2.17. The Kier molecular flexibility index (Phi) is 10.6. The topological polar surface area (TPSA) is 105 Å². The number of aryl methyl sites for hydroxylation is 1. The van der Waals surface area contributed by atoms with Crippen LogP contribution in [0.1, 0.15) is 54.6 Å². The van der Waals surface area contributed by atoms with E-state index in [9.17, 15) is 23.2 Å². The molecule has 1 heterocycles. The van der Waals surface area contributed by atoms with E-state index in [2.05, 4.69) is 10.4 Å². The summed E-state index contributed by atoms with van der Waals surface area (Å²) >= 11 is 11.5. The van der Waals surface area contributed by atoms with E-state index >= 15 is 0 Å². The summed E-state index contributed by atoms with van der Waals surface area (Å²) in [6, 6.07) is 6.64. The van der Waals surface area contributed by atoms with E-state index in [1.54, 1.807) is 0 Å². The fourth-order valence-electron chi connectivity index (χ4n) is 3.78. The Morgan fingerprint density at radius 2 is 1.40 bits per heavy atom. The maximum atomic E-state index is 13.3. The second-order valence-electron chi connectivity index (χ2n) is 7.89. The number of aromatic amines is 1. The van der Waals surface area contributed by atoms with Crippen LogP contribution in [0.15, 0.2) is 30.3 Å². The number of hydrogen-bond acceptors (Lipinski definition) is 5. The maximum absolute atomic E-state index is 13.3. The first-order valence-corrected chi connectivity index (χ1v) is 11.5. The van der Waals surface area contributed by atoms with Crippen LogP contribution >= 0.6 is 35.6 Å². The molecule has 4 N–H and O–H groups in total. The predicted molar refractivity (Wildman–Crippen MR) is 135 cm³/mol. The van der Waals surface area contributed by atoms with Crippen molar-refractivity contribution in [3.63, 3.8) is 0 Å². The number of hydrogen-bond donors (Lipinski definition) is 3. The van der Waals surface area contributed by atoms with Crippen LogP contribution in [0.4, 0.5) is 14.5 Å². The zero-order valence-electron chi connectivity index (χ0n) is 18.6. The Morgan fingerprint density at radius 3 is 1.97 bits per heavy atom. The molecule has 1 fully saturated rings. The summed E-state index contributed by atoms with van der Waals surface area (Å²) in [6.45, 7) is 0. The van der Waals surface area contributed by atoms with Crippen molar-refractivity contribution in [1.29, 1.82) is 0 Å². The van der Waals surface area contributed by atoms with Crippen molar-refractivity contribution in [3.8, 4) is 0 Å². The molecule has 2 aliphatic carbocycles. The van der Waals surface area contributed by atoms with Gasteiger partial charge in [-0.25, -0.2) is 8.78 Å². The Balaban J connectivity index is 0.000000197. The van der Waals surface area contributed by atoms with E-state index in [-0.39, 0.29) is 46.4 Å². The number of halogens is 5. The van der Waals surface area contributed by atoms with Gasteiger partial charge in [-0.05, 0) is 61.6 Å². The molecule has 0 atom stereocenters. The summed E-state index contributed by atoms with van der Waals surface area (Å²) in [5.41, 5.74) is 5.03. The van der Waals surface area contributed by atoms with Crippen LogP contribution in [-0.2, 0) is 16.0 Å². The van der Waals surface area contributed by atoms with Gasteiger partial charge in [0.25, 0.3) is 0 Å². The third-order valence-corrected chi connectivity index (χ3v) is 6.11. The van der Waals surface area contributed by atoms with Crippen LogP contribution in [0.2, 0.25) is 10.0 Å². The highest BCUT2D eigenvalue weighted by Crippen LogP contribution is 2.33. The van der Waals surface area contributed by atoms with Gasteiger partial charge in [0.15, 0.2) is 17.3 Å². The van der Waals surface area contributed by atoms with Crippen molar-refractivity contribution in [2.75, 3.05) is 5.43 Å². The second-order valence-corrected chi connectivity index (χ2v) is 8.70. The average molecular weight is 547 g/mol. The van der Waals surface area contributed by atoms with Crippen molar-refractivity contribution in [3.05, 3.63) is 63.3 Å². The highest BCUT2D eigenvalue weighted by molar-refractivity contribution is 6.37. The molecule has 0 radical (unpaired) electrons. The Morgan fingerprint density at radius 1 is 0.800 bits per heavy atom. The van der Waals surface area contributed by atoms with Gasteiger partial charge in [-0.1, -0.05) is 23.2 Å². The number of anilines is 1. The molecule has 2 aliphatic rings. The van der Waals surface area contributed by atoms with Gasteiger partial charge < -0.3 is 10.4 Å². The number of fused-ring (bicyclic) bond motifs is 3. The van der Waals surface area contributed by atoms with Gasteiger partial charge in [-0.2, -0.15) is 0 Å². The molecule has 6 nitrogen and oxygen atoms in total. The molecule has 11 heteroatoms. The third-order valence-electron chi connectivity index (χ3n) is 5.50. The molecule has 35 heavy (non-hydrogen) atoms. The van der Waals surface area contributed by atoms with Gasteiger partial charge >= 0.3 is 0 Å². The van der Waals surface area contributed by atoms with Crippen molar-refractivity contribution in [2.45, 2.75) is 44.9 Å². The molecule has 0 aliphatic heterocycles. The largest absolute Gasteiger partial charge is 0.351 e. The Hall–Kier alpha value is -2.52. The number of nitrogen functional groups attached to an aromatic ring is 1. The van der Waals surface area contributed by atoms with Crippen molar-refractivity contribution >= 4 is 69.5 Å². The van der Waals surface area contributed by atoms with E-state index in [0.717, 1.165) is 36.6 Å². The monoisotopic (exact) mass is 545 g/mol. The van der Waals surface area contributed by atoms with E-state index in [1.165, 1.54) is 30.3 Å². The summed E-state index contributed by atoms with van der Waals surface area (Å²) in [7, 11) is 0. The minimum Gasteiger partial charge on any atom is -0.351 e. The Labute approximate surface area is 216 Å². The first-order chi connectivity index (χ1) is 16.2. The molecule has 0 spiro atoms. The molecule has 0 amide bonds. The van der Waals surface area contributed by atoms with Gasteiger partial charge in [0, 0.05) is 24.6 Å². The molecule has 3 aromatic rings. The fourth-order valence-corrected chi connectivity index (χ4v) is 4.25.